The van der Waals surface area contributed by atoms with Crippen molar-refractivity contribution in [1.29, 1.82) is 0 Å². The van der Waals surface area contributed by atoms with Gasteiger partial charge in [0.2, 0.25) is 5.91 Å². The van der Waals surface area contributed by atoms with E-state index in [2.05, 4.69) is 27.4 Å². The normalized spacial score (nSPS) is 11.7. The van der Waals surface area contributed by atoms with Gasteiger partial charge in [0.1, 0.15) is 5.75 Å². The minimum absolute atomic E-state index is 0.0660. The number of hydrogen-bond acceptors (Lipinski definition) is 6. The number of amides is 2. The third-order valence-electron chi connectivity index (χ3n) is 5.11. The Balaban J connectivity index is 1.69. The van der Waals surface area contributed by atoms with Gasteiger partial charge in [0.05, 0.1) is 18.4 Å². The lowest BCUT2D eigenvalue weighted by Gasteiger charge is -2.22. The number of carbonyl (C=O) groups is 2. The molecule has 0 saturated carbocycles. The second-order valence-electron chi connectivity index (χ2n) is 8.10. The molecule has 0 fully saturated rings. The van der Waals surface area contributed by atoms with Crippen LogP contribution in [0, 0.1) is 5.92 Å². The highest BCUT2D eigenvalue weighted by atomic mass is 32.2. The monoisotopic (exact) mass is 493 g/mol. The molecule has 0 spiro atoms. The van der Waals surface area contributed by atoms with E-state index in [9.17, 15) is 9.59 Å². The Morgan fingerprint density at radius 3 is 2.46 bits per heavy atom. The van der Waals surface area contributed by atoms with Gasteiger partial charge in [0.25, 0.3) is 5.91 Å². The molecular weight excluding hydrogens is 462 g/mol. The van der Waals surface area contributed by atoms with Crippen LogP contribution in [0.1, 0.15) is 43.0 Å². The molecule has 0 bridgehead atoms. The van der Waals surface area contributed by atoms with Crippen LogP contribution in [-0.2, 0) is 11.3 Å². The van der Waals surface area contributed by atoms with E-state index < -0.39 is 0 Å². The molecule has 1 heterocycles. The van der Waals surface area contributed by atoms with Crippen LogP contribution in [0.4, 0.5) is 5.69 Å². The summed E-state index contributed by atoms with van der Waals surface area (Å²) in [5, 5.41) is 15.2. The van der Waals surface area contributed by atoms with Crippen molar-refractivity contribution in [3.05, 3.63) is 78.6 Å². The highest BCUT2D eigenvalue weighted by Gasteiger charge is 2.26. The smallest absolute Gasteiger partial charge is 0.251 e. The fourth-order valence-corrected chi connectivity index (χ4v) is 4.16. The molecule has 3 aromatic rings. The van der Waals surface area contributed by atoms with Crippen molar-refractivity contribution < 1.29 is 14.3 Å². The molecule has 8 nitrogen and oxygen atoms in total. The van der Waals surface area contributed by atoms with E-state index in [1.165, 1.54) is 11.8 Å². The quantitative estimate of drug-likeness (QED) is 0.280. The van der Waals surface area contributed by atoms with E-state index in [0.717, 1.165) is 5.75 Å². The van der Waals surface area contributed by atoms with E-state index >= 15 is 0 Å². The molecule has 0 aliphatic carbocycles. The lowest BCUT2D eigenvalue weighted by molar-refractivity contribution is -0.113. The average Bonchev–Trinajstić information content (AvgIpc) is 3.25. The van der Waals surface area contributed by atoms with Gasteiger partial charge in [-0.15, -0.1) is 16.8 Å². The first kappa shape index (κ1) is 26.0. The zero-order valence-corrected chi connectivity index (χ0v) is 21.0. The third-order valence-corrected chi connectivity index (χ3v) is 6.07. The van der Waals surface area contributed by atoms with Gasteiger partial charge in [0.15, 0.2) is 11.0 Å². The van der Waals surface area contributed by atoms with Gasteiger partial charge >= 0.3 is 0 Å². The van der Waals surface area contributed by atoms with E-state index in [4.69, 9.17) is 4.74 Å². The van der Waals surface area contributed by atoms with Crippen molar-refractivity contribution in [1.82, 2.24) is 20.1 Å². The van der Waals surface area contributed by atoms with Crippen molar-refractivity contribution in [2.75, 3.05) is 17.7 Å². The zero-order chi connectivity index (χ0) is 25.2. The molecule has 0 radical (unpaired) electrons. The summed E-state index contributed by atoms with van der Waals surface area (Å²) in [6, 6.07) is 15.9. The summed E-state index contributed by atoms with van der Waals surface area (Å²) >= 11 is 1.28. The van der Waals surface area contributed by atoms with Gasteiger partial charge in [-0.3, -0.25) is 9.59 Å². The lowest BCUT2D eigenvalue weighted by atomic mass is 10.0. The van der Waals surface area contributed by atoms with Crippen molar-refractivity contribution in [2.24, 2.45) is 5.92 Å². The Labute approximate surface area is 210 Å². The summed E-state index contributed by atoms with van der Waals surface area (Å²) < 4.78 is 7.31. The Kier molecular flexibility index (Phi) is 9.48. The summed E-state index contributed by atoms with van der Waals surface area (Å²) in [5.74, 6) is 1.26. The highest BCUT2D eigenvalue weighted by Crippen LogP contribution is 2.26. The van der Waals surface area contributed by atoms with Crippen LogP contribution in [-0.4, -0.2) is 38.9 Å². The molecule has 35 heavy (non-hydrogen) atoms. The van der Waals surface area contributed by atoms with Crippen molar-refractivity contribution in [2.45, 2.75) is 38.5 Å². The maximum atomic E-state index is 12.8. The van der Waals surface area contributed by atoms with Crippen LogP contribution in [0.25, 0.3) is 0 Å². The van der Waals surface area contributed by atoms with Gasteiger partial charge in [-0.2, -0.15) is 0 Å². The van der Waals surface area contributed by atoms with Crippen LogP contribution in [0.2, 0.25) is 0 Å². The molecule has 0 aliphatic rings. The molecule has 1 aromatic heterocycles. The highest BCUT2D eigenvalue weighted by molar-refractivity contribution is 7.99. The molecule has 0 saturated heterocycles. The Morgan fingerprint density at radius 2 is 1.83 bits per heavy atom. The second-order valence-corrected chi connectivity index (χ2v) is 9.04. The summed E-state index contributed by atoms with van der Waals surface area (Å²) in [4.78, 5) is 25.3. The summed E-state index contributed by atoms with van der Waals surface area (Å²) in [7, 11) is 0. The number of ether oxygens (including phenoxy) is 1. The fourth-order valence-electron chi connectivity index (χ4n) is 3.41. The minimum atomic E-state index is -0.359. The number of rotatable bonds is 12. The van der Waals surface area contributed by atoms with Crippen molar-refractivity contribution in [3.63, 3.8) is 0 Å². The maximum Gasteiger partial charge on any atom is 0.251 e. The van der Waals surface area contributed by atoms with Gasteiger partial charge in [-0.25, -0.2) is 0 Å². The largest absolute Gasteiger partial charge is 0.494 e. The van der Waals surface area contributed by atoms with Crippen molar-refractivity contribution >= 4 is 29.3 Å². The number of anilines is 1. The summed E-state index contributed by atoms with van der Waals surface area (Å²) in [6.07, 6.45) is 1.74. The standard InChI is InChI=1S/C26H31N5O3S/c1-5-16-31-24(23(18(3)4)28-25(33)19-10-8-7-9-11-19)29-30-26(31)35-17-22(32)27-20-12-14-21(15-13-20)34-6-2/h5,7-15,18,23H,1,6,16-17H2,2-4H3,(H,27,32)(H,28,33). The zero-order valence-electron chi connectivity index (χ0n) is 20.2. The summed E-state index contributed by atoms with van der Waals surface area (Å²) in [5.41, 5.74) is 1.27. The minimum Gasteiger partial charge on any atom is -0.494 e. The number of nitrogens with zero attached hydrogens (tertiary/aromatic N) is 3. The number of hydrogen-bond donors (Lipinski definition) is 2. The first-order valence-corrected chi connectivity index (χ1v) is 12.5. The topological polar surface area (TPSA) is 98.1 Å². The Morgan fingerprint density at radius 1 is 1.11 bits per heavy atom. The first-order chi connectivity index (χ1) is 16.9. The Hall–Kier alpha value is -3.59. The number of allylic oxidation sites excluding steroid dienone is 1. The van der Waals surface area contributed by atoms with Gasteiger partial charge in [0, 0.05) is 17.8 Å². The van der Waals surface area contributed by atoms with E-state index in [-0.39, 0.29) is 29.5 Å². The van der Waals surface area contributed by atoms with Crippen LogP contribution < -0.4 is 15.4 Å². The van der Waals surface area contributed by atoms with E-state index in [1.807, 2.05) is 55.7 Å². The molecule has 3 rings (SSSR count). The number of aromatic nitrogens is 3. The van der Waals surface area contributed by atoms with Crippen LogP contribution >= 0.6 is 11.8 Å². The molecule has 0 aliphatic heterocycles. The van der Waals surface area contributed by atoms with Crippen LogP contribution in [0.5, 0.6) is 5.75 Å². The van der Waals surface area contributed by atoms with Crippen LogP contribution in [0.15, 0.2) is 72.4 Å². The number of benzene rings is 2. The predicted molar refractivity (Wildman–Crippen MR) is 139 cm³/mol. The molecule has 9 heteroatoms. The molecule has 2 amide bonds. The molecule has 2 N–H and O–H groups in total. The SMILES string of the molecule is C=CCn1c(SCC(=O)Nc2ccc(OCC)cc2)nnc1C(NC(=O)c1ccccc1)C(C)C. The number of thioether (sulfide) groups is 1. The number of carbonyl (C=O) groups excluding carboxylic acids is 2. The third kappa shape index (κ3) is 7.19. The number of nitrogens with one attached hydrogen (secondary N) is 2. The predicted octanol–water partition coefficient (Wildman–Crippen LogP) is 4.72. The molecule has 184 valence electrons. The van der Waals surface area contributed by atoms with Crippen LogP contribution in [0.3, 0.4) is 0 Å². The fraction of sp³-hybridized carbons (Fsp3) is 0.308. The Bertz CT molecular complexity index is 1130. The molecule has 1 atom stereocenters. The lowest BCUT2D eigenvalue weighted by Crippen LogP contribution is -2.33. The van der Waals surface area contributed by atoms with Gasteiger partial charge < -0.3 is 19.9 Å². The van der Waals surface area contributed by atoms with Crippen molar-refractivity contribution in [3.8, 4) is 5.75 Å². The van der Waals surface area contributed by atoms with Gasteiger partial charge in [-0.1, -0.05) is 49.9 Å². The molecule has 2 aromatic carbocycles. The van der Waals surface area contributed by atoms with E-state index in [1.54, 1.807) is 30.3 Å². The maximum absolute atomic E-state index is 12.8. The second kappa shape index (κ2) is 12.8. The summed E-state index contributed by atoms with van der Waals surface area (Å²) in [6.45, 7) is 10.8. The van der Waals surface area contributed by atoms with Gasteiger partial charge in [-0.05, 0) is 49.2 Å². The average molecular weight is 494 g/mol. The molecule has 1 unspecified atom stereocenters. The first-order valence-electron chi connectivity index (χ1n) is 11.5. The van der Waals surface area contributed by atoms with E-state index in [0.29, 0.717) is 35.4 Å². The molecular formula is C26H31N5O3S.